The van der Waals surface area contributed by atoms with Gasteiger partial charge in [-0.2, -0.15) is 0 Å². The van der Waals surface area contributed by atoms with E-state index in [2.05, 4.69) is 72.3 Å². The normalized spacial score (nSPS) is 24.3. The van der Waals surface area contributed by atoms with E-state index < -0.39 is 0 Å². The zero-order valence-electron chi connectivity index (χ0n) is 16.0. The van der Waals surface area contributed by atoms with Gasteiger partial charge in [0, 0.05) is 36.6 Å². The molecule has 3 heteroatoms. The first-order valence-electron chi connectivity index (χ1n) is 10.0. The SMILES string of the molecule is CC(C)N1CC2[C@@H](COc3ccc(-c4ccc5ncccc5c4)cc3)[C@@H]2C1. The van der Waals surface area contributed by atoms with Gasteiger partial charge in [-0.15, -0.1) is 0 Å². The number of pyridine rings is 1. The Balaban J connectivity index is 1.21. The molecule has 3 atom stereocenters. The number of fused-ring (bicyclic) bond motifs is 2. The summed E-state index contributed by atoms with van der Waals surface area (Å²) in [5, 5.41) is 1.17. The van der Waals surface area contributed by atoms with Crippen molar-refractivity contribution in [1.29, 1.82) is 0 Å². The lowest BCUT2D eigenvalue weighted by Crippen LogP contribution is -2.31. The summed E-state index contributed by atoms with van der Waals surface area (Å²) < 4.78 is 6.09. The highest BCUT2D eigenvalue weighted by Crippen LogP contribution is 2.52. The van der Waals surface area contributed by atoms with Crippen LogP contribution in [-0.2, 0) is 0 Å². The highest BCUT2D eigenvalue weighted by Gasteiger charge is 2.56. The molecule has 2 aliphatic rings. The van der Waals surface area contributed by atoms with Crippen LogP contribution in [0.15, 0.2) is 60.8 Å². The standard InChI is InChI=1S/C24H26N2O/c1-16(2)26-13-21-22(14-26)23(21)15-27-20-8-5-17(6-9-20)18-7-10-24-19(12-18)4-3-11-25-24/h3-12,16,21-23H,13-15H2,1-2H3/t21-,22?,23+/m1/s1. The van der Waals surface area contributed by atoms with Gasteiger partial charge in [0.2, 0.25) is 0 Å². The minimum absolute atomic E-state index is 0.679. The molecule has 5 rings (SSSR count). The molecule has 3 aromatic rings. The van der Waals surface area contributed by atoms with Crippen molar-refractivity contribution in [2.45, 2.75) is 19.9 Å². The number of benzene rings is 2. The summed E-state index contributed by atoms with van der Waals surface area (Å²) in [6.45, 7) is 7.97. The second-order valence-electron chi connectivity index (χ2n) is 8.29. The average Bonchev–Trinajstić information content (AvgIpc) is 3.14. The average molecular weight is 358 g/mol. The summed E-state index contributed by atoms with van der Waals surface area (Å²) in [7, 11) is 0. The van der Waals surface area contributed by atoms with Gasteiger partial charge in [-0.25, -0.2) is 0 Å². The van der Waals surface area contributed by atoms with Crippen LogP contribution in [0.3, 0.4) is 0 Å². The van der Waals surface area contributed by atoms with Crippen molar-refractivity contribution in [2.75, 3.05) is 19.7 Å². The molecule has 3 nitrogen and oxygen atoms in total. The minimum Gasteiger partial charge on any atom is -0.493 e. The monoisotopic (exact) mass is 358 g/mol. The molecular formula is C24H26N2O. The number of nitrogens with zero attached hydrogens (tertiary/aromatic N) is 2. The Kier molecular flexibility index (Phi) is 4.13. The smallest absolute Gasteiger partial charge is 0.119 e. The van der Waals surface area contributed by atoms with E-state index in [4.69, 9.17) is 4.74 Å². The molecule has 1 saturated carbocycles. The third-order valence-corrected chi connectivity index (χ3v) is 6.36. The molecular weight excluding hydrogens is 332 g/mol. The Hall–Kier alpha value is -2.39. The summed E-state index contributed by atoms with van der Waals surface area (Å²) in [6.07, 6.45) is 1.84. The summed E-state index contributed by atoms with van der Waals surface area (Å²) in [6, 6.07) is 19.7. The second-order valence-corrected chi connectivity index (χ2v) is 8.29. The van der Waals surface area contributed by atoms with Crippen LogP contribution in [0.4, 0.5) is 0 Å². The van der Waals surface area contributed by atoms with Gasteiger partial charge in [0.25, 0.3) is 0 Å². The number of piperidine rings is 1. The molecule has 1 aliphatic carbocycles. The van der Waals surface area contributed by atoms with Gasteiger partial charge in [-0.05, 0) is 67.1 Å². The third-order valence-electron chi connectivity index (χ3n) is 6.36. The van der Waals surface area contributed by atoms with Crippen molar-refractivity contribution in [3.05, 3.63) is 60.8 Å². The maximum absolute atomic E-state index is 6.09. The Morgan fingerprint density at radius 1 is 1.00 bits per heavy atom. The van der Waals surface area contributed by atoms with Gasteiger partial charge in [-0.1, -0.05) is 24.3 Å². The van der Waals surface area contributed by atoms with Crippen LogP contribution in [0.1, 0.15) is 13.8 Å². The lowest BCUT2D eigenvalue weighted by atomic mass is 10.0. The Morgan fingerprint density at radius 2 is 1.74 bits per heavy atom. The second kappa shape index (κ2) is 6.65. The molecule has 2 heterocycles. The molecule has 0 N–H and O–H groups in total. The first kappa shape index (κ1) is 16.8. The van der Waals surface area contributed by atoms with Crippen molar-refractivity contribution in [1.82, 2.24) is 9.88 Å². The lowest BCUT2D eigenvalue weighted by Gasteiger charge is -2.23. The van der Waals surface area contributed by atoms with E-state index in [1.165, 1.54) is 29.6 Å². The fourth-order valence-electron chi connectivity index (χ4n) is 4.54. The molecule has 1 unspecified atom stereocenters. The van der Waals surface area contributed by atoms with Gasteiger partial charge in [0.05, 0.1) is 12.1 Å². The number of aromatic nitrogens is 1. The van der Waals surface area contributed by atoms with Crippen molar-refractivity contribution in [3.63, 3.8) is 0 Å². The fourth-order valence-corrected chi connectivity index (χ4v) is 4.54. The van der Waals surface area contributed by atoms with Gasteiger partial charge in [-0.3, -0.25) is 4.98 Å². The van der Waals surface area contributed by atoms with E-state index in [0.29, 0.717) is 6.04 Å². The Morgan fingerprint density at radius 3 is 2.48 bits per heavy atom. The zero-order chi connectivity index (χ0) is 18.4. The van der Waals surface area contributed by atoms with Gasteiger partial charge in [0.1, 0.15) is 5.75 Å². The van der Waals surface area contributed by atoms with Gasteiger partial charge < -0.3 is 9.64 Å². The fraction of sp³-hybridized carbons (Fsp3) is 0.375. The molecule has 2 aromatic carbocycles. The Bertz CT molecular complexity index is 938. The molecule has 1 aliphatic heterocycles. The molecule has 2 fully saturated rings. The maximum Gasteiger partial charge on any atom is 0.119 e. The van der Waals surface area contributed by atoms with Crippen LogP contribution >= 0.6 is 0 Å². The predicted octanol–water partition coefficient (Wildman–Crippen LogP) is 4.87. The first-order chi connectivity index (χ1) is 13.2. The summed E-state index contributed by atoms with van der Waals surface area (Å²) in [4.78, 5) is 6.99. The highest BCUT2D eigenvalue weighted by molar-refractivity contribution is 5.84. The number of hydrogen-bond acceptors (Lipinski definition) is 3. The van der Waals surface area contributed by atoms with E-state index in [1.807, 2.05) is 12.3 Å². The van der Waals surface area contributed by atoms with E-state index in [0.717, 1.165) is 35.6 Å². The van der Waals surface area contributed by atoms with E-state index in [9.17, 15) is 0 Å². The van der Waals surface area contributed by atoms with Crippen LogP contribution in [0.2, 0.25) is 0 Å². The quantitative estimate of drug-likeness (QED) is 0.651. The van der Waals surface area contributed by atoms with Crippen LogP contribution in [0.25, 0.3) is 22.0 Å². The zero-order valence-corrected chi connectivity index (χ0v) is 16.0. The summed E-state index contributed by atoms with van der Waals surface area (Å²) in [5.41, 5.74) is 3.46. The van der Waals surface area contributed by atoms with Crippen LogP contribution in [0.5, 0.6) is 5.75 Å². The third kappa shape index (κ3) is 3.21. The molecule has 1 saturated heterocycles. The number of hydrogen-bond donors (Lipinski definition) is 0. The van der Waals surface area contributed by atoms with Crippen LogP contribution < -0.4 is 4.74 Å². The predicted molar refractivity (Wildman–Crippen MR) is 110 cm³/mol. The van der Waals surface area contributed by atoms with Crippen molar-refractivity contribution in [3.8, 4) is 16.9 Å². The van der Waals surface area contributed by atoms with Crippen LogP contribution in [-0.4, -0.2) is 35.6 Å². The molecule has 27 heavy (non-hydrogen) atoms. The Labute approximate surface area is 161 Å². The first-order valence-corrected chi connectivity index (χ1v) is 10.0. The summed E-state index contributed by atoms with van der Waals surface area (Å²) in [5.74, 6) is 3.45. The topological polar surface area (TPSA) is 25.4 Å². The van der Waals surface area contributed by atoms with Gasteiger partial charge >= 0.3 is 0 Å². The molecule has 0 bridgehead atoms. The number of rotatable bonds is 5. The molecule has 0 radical (unpaired) electrons. The molecule has 0 spiro atoms. The largest absolute Gasteiger partial charge is 0.493 e. The molecule has 1 aromatic heterocycles. The maximum atomic E-state index is 6.09. The van der Waals surface area contributed by atoms with Crippen molar-refractivity contribution in [2.24, 2.45) is 17.8 Å². The van der Waals surface area contributed by atoms with E-state index in [-0.39, 0.29) is 0 Å². The number of likely N-dealkylation sites (tertiary alicyclic amines) is 1. The van der Waals surface area contributed by atoms with Crippen molar-refractivity contribution < 1.29 is 4.74 Å². The molecule has 0 amide bonds. The number of ether oxygens (including phenoxy) is 1. The molecule has 138 valence electrons. The van der Waals surface area contributed by atoms with Crippen molar-refractivity contribution >= 4 is 10.9 Å². The summed E-state index contributed by atoms with van der Waals surface area (Å²) >= 11 is 0. The van der Waals surface area contributed by atoms with E-state index in [1.54, 1.807) is 0 Å². The van der Waals surface area contributed by atoms with Crippen LogP contribution in [0, 0.1) is 17.8 Å². The highest BCUT2D eigenvalue weighted by atomic mass is 16.5. The lowest BCUT2D eigenvalue weighted by molar-refractivity contribution is 0.206. The van der Waals surface area contributed by atoms with Gasteiger partial charge in [0.15, 0.2) is 0 Å². The van der Waals surface area contributed by atoms with E-state index >= 15 is 0 Å². The minimum atomic E-state index is 0.679.